The van der Waals surface area contributed by atoms with Gasteiger partial charge in [0.25, 0.3) is 11.8 Å². The van der Waals surface area contributed by atoms with Gasteiger partial charge in [0.1, 0.15) is 0 Å². The Kier molecular flexibility index (Phi) is 16.6. The van der Waals surface area contributed by atoms with Crippen molar-refractivity contribution in [1.29, 1.82) is 0 Å². The first-order valence-electron chi connectivity index (χ1n) is 19.5. The van der Waals surface area contributed by atoms with E-state index in [0.717, 1.165) is 33.4 Å². The summed E-state index contributed by atoms with van der Waals surface area (Å²) in [5.74, 6) is -5.76. The first kappa shape index (κ1) is 46.3. The molecular formula is C44H44Cl2N6O10. The summed E-state index contributed by atoms with van der Waals surface area (Å²) < 4.78 is 13.8. The number of benzene rings is 4. The smallest absolute Gasteiger partial charge is 0.439 e. The maximum atomic E-state index is 12.5. The Morgan fingerprint density at radius 2 is 1.08 bits per heavy atom. The molecule has 5 N–H and O–H groups in total. The molecule has 324 valence electrons. The van der Waals surface area contributed by atoms with Crippen LogP contribution in [0.25, 0.3) is 22.3 Å². The number of carboxylic acids is 1. The Labute approximate surface area is 365 Å². The molecule has 62 heavy (non-hydrogen) atoms. The monoisotopic (exact) mass is 886 g/mol. The zero-order valence-corrected chi connectivity index (χ0v) is 35.4. The second kappa shape index (κ2) is 22.2. The van der Waals surface area contributed by atoms with E-state index in [-0.39, 0.29) is 30.6 Å². The number of H-pyrrole nitrogens is 2. The Morgan fingerprint density at radius 1 is 0.661 bits per heavy atom. The number of aliphatic carboxylic acids is 1. The van der Waals surface area contributed by atoms with E-state index in [1.807, 2.05) is 91.0 Å². The number of hydrogen-bond acceptors (Lipinski definition) is 11. The quantitative estimate of drug-likeness (QED) is 0.0598. The number of aromatic nitrogens is 4. The highest BCUT2D eigenvalue weighted by Crippen LogP contribution is 2.25. The Bertz CT molecular complexity index is 2570. The van der Waals surface area contributed by atoms with Gasteiger partial charge in [0, 0.05) is 22.1 Å². The van der Waals surface area contributed by atoms with Gasteiger partial charge in [-0.3, -0.25) is 38.2 Å². The summed E-state index contributed by atoms with van der Waals surface area (Å²) in [6, 6.07) is 29.8. The van der Waals surface area contributed by atoms with Gasteiger partial charge in [-0.2, -0.15) is 0 Å². The topological polar surface area (TPSA) is 240 Å². The third-order valence-corrected chi connectivity index (χ3v) is 10.0. The van der Waals surface area contributed by atoms with Crippen LogP contribution in [0.1, 0.15) is 66.0 Å². The number of nitrogens with zero attached hydrogens (tertiary/aromatic N) is 2. The molecular weight excluding hydrogens is 843 g/mol. The number of esters is 1. The van der Waals surface area contributed by atoms with Crippen LogP contribution in [0.2, 0.25) is 10.0 Å². The van der Waals surface area contributed by atoms with E-state index in [2.05, 4.69) is 40.0 Å². The zero-order valence-electron chi connectivity index (χ0n) is 33.9. The van der Waals surface area contributed by atoms with Crippen molar-refractivity contribution in [3.8, 4) is 22.3 Å². The molecule has 2 aromatic heterocycles. The summed E-state index contributed by atoms with van der Waals surface area (Å²) >= 11 is 12.1. The van der Waals surface area contributed by atoms with E-state index in [4.69, 9.17) is 27.9 Å². The minimum atomic E-state index is -0.958. The summed E-state index contributed by atoms with van der Waals surface area (Å²) in [7, 11) is 0. The average molecular weight is 888 g/mol. The lowest BCUT2D eigenvalue weighted by molar-refractivity contribution is -0.147. The molecule has 18 heteroatoms. The number of rotatable bonds is 17. The molecule has 0 aliphatic carbocycles. The SMILES string of the molecule is CCOC(=O)[C@H](C)C[C@@H](Cc1ccc(-c2cccc(Cl)c2)cc1)NC(=O)c1noc(=O)[nH]1.C[C@H](C[C@@H](Cc1ccc(-c2cccc(Cl)c2)cc1)NC(=O)c1noc(=O)[nH]1)C(=O)O. The van der Waals surface area contributed by atoms with Gasteiger partial charge in [0.2, 0.25) is 11.6 Å². The van der Waals surface area contributed by atoms with Crippen LogP contribution in [0.5, 0.6) is 0 Å². The van der Waals surface area contributed by atoms with Gasteiger partial charge >= 0.3 is 23.5 Å². The summed E-state index contributed by atoms with van der Waals surface area (Å²) in [5.41, 5.74) is 5.86. The highest BCUT2D eigenvalue weighted by Gasteiger charge is 2.25. The number of amides is 2. The highest BCUT2D eigenvalue weighted by atomic mass is 35.5. The number of carboxylic acid groups (broad SMARTS) is 1. The van der Waals surface area contributed by atoms with Crippen LogP contribution in [0.3, 0.4) is 0 Å². The largest absolute Gasteiger partial charge is 0.481 e. The van der Waals surface area contributed by atoms with Crippen LogP contribution < -0.4 is 22.1 Å². The first-order chi connectivity index (χ1) is 29.7. The summed E-state index contributed by atoms with van der Waals surface area (Å²) in [6.45, 7) is 5.34. The number of aromatic amines is 2. The molecule has 0 bridgehead atoms. The molecule has 6 rings (SSSR count). The van der Waals surface area contributed by atoms with E-state index in [9.17, 15) is 33.9 Å². The van der Waals surface area contributed by atoms with Crippen molar-refractivity contribution >= 4 is 47.0 Å². The molecule has 0 aliphatic heterocycles. The van der Waals surface area contributed by atoms with E-state index < -0.39 is 53.2 Å². The van der Waals surface area contributed by atoms with Crippen molar-refractivity contribution in [3.05, 3.63) is 151 Å². The van der Waals surface area contributed by atoms with Crippen LogP contribution in [-0.2, 0) is 27.2 Å². The molecule has 2 amide bonds. The predicted octanol–water partition coefficient (Wildman–Crippen LogP) is 6.75. The summed E-state index contributed by atoms with van der Waals surface area (Å²) in [5, 5.41) is 22.9. The number of carbonyl (C=O) groups excluding carboxylic acids is 3. The molecule has 0 aliphatic rings. The van der Waals surface area contributed by atoms with Gasteiger partial charge in [0.05, 0.1) is 18.4 Å². The van der Waals surface area contributed by atoms with Gasteiger partial charge in [-0.25, -0.2) is 9.59 Å². The van der Waals surface area contributed by atoms with Crippen LogP contribution in [0, 0.1) is 11.8 Å². The van der Waals surface area contributed by atoms with Gasteiger partial charge in [0.15, 0.2) is 0 Å². The van der Waals surface area contributed by atoms with Crippen molar-refractivity contribution in [2.45, 2.75) is 58.5 Å². The molecule has 0 saturated carbocycles. The molecule has 2 heterocycles. The number of ether oxygens (including phenoxy) is 1. The second-order valence-corrected chi connectivity index (χ2v) is 15.3. The molecule has 0 unspecified atom stereocenters. The molecule has 4 atom stereocenters. The molecule has 16 nitrogen and oxygen atoms in total. The molecule has 4 aromatic carbocycles. The maximum Gasteiger partial charge on any atom is 0.439 e. The Hall–Kier alpha value is -6.78. The average Bonchev–Trinajstić information content (AvgIpc) is 3.89. The second-order valence-electron chi connectivity index (χ2n) is 14.4. The molecule has 0 saturated heterocycles. The lowest BCUT2D eigenvalue weighted by Crippen LogP contribution is -2.39. The van der Waals surface area contributed by atoms with E-state index in [1.165, 1.54) is 0 Å². The van der Waals surface area contributed by atoms with Crippen LogP contribution in [-0.4, -0.2) is 67.8 Å². The lowest BCUT2D eigenvalue weighted by Gasteiger charge is -2.21. The summed E-state index contributed by atoms with van der Waals surface area (Å²) in [6.07, 6.45) is 1.43. The van der Waals surface area contributed by atoms with Crippen LogP contribution >= 0.6 is 23.2 Å². The number of hydrogen-bond donors (Lipinski definition) is 5. The first-order valence-corrected chi connectivity index (χ1v) is 20.3. The normalized spacial score (nSPS) is 12.8. The Balaban J connectivity index is 0.000000235. The fraction of sp³-hybridized carbons (Fsp3) is 0.273. The minimum absolute atomic E-state index is 0.208. The van der Waals surface area contributed by atoms with Crippen molar-refractivity contribution in [3.63, 3.8) is 0 Å². The molecule has 0 fully saturated rings. The van der Waals surface area contributed by atoms with Gasteiger partial charge in [-0.1, -0.05) is 110 Å². The highest BCUT2D eigenvalue weighted by molar-refractivity contribution is 6.31. The number of halogens is 2. The van der Waals surface area contributed by atoms with Gasteiger partial charge in [-0.05, 0) is 101 Å². The molecule has 0 spiro atoms. The van der Waals surface area contributed by atoms with Crippen molar-refractivity contribution < 1.29 is 38.1 Å². The van der Waals surface area contributed by atoms with Gasteiger partial charge < -0.3 is 20.5 Å². The third kappa shape index (κ3) is 13.9. The maximum absolute atomic E-state index is 12.5. The summed E-state index contributed by atoms with van der Waals surface area (Å²) in [4.78, 5) is 74.8. The minimum Gasteiger partial charge on any atom is -0.481 e. The number of nitrogens with one attached hydrogen (secondary N) is 4. The van der Waals surface area contributed by atoms with E-state index in [0.29, 0.717) is 29.3 Å². The Morgan fingerprint density at radius 3 is 1.44 bits per heavy atom. The molecule has 6 aromatic rings. The fourth-order valence-electron chi connectivity index (χ4n) is 6.46. The van der Waals surface area contributed by atoms with Crippen molar-refractivity contribution in [2.24, 2.45) is 11.8 Å². The van der Waals surface area contributed by atoms with Crippen LogP contribution in [0.4, 0.5) is 0 Å². The zero-order chi connectivity index (χ0) is 44.8. The van der Waals surface area contributed by atoms with E-state index >= 15 is 0 Å². The van der Waals surface area contributed by atoms with Crippen molar-refractivity contribution in [1.82, 2.24) is 30.9 Å². The number of carbonyl (C=O) groups is 4. The van der Waals surface area contributed by atoms with Crippen LogP contribution in [0.15, 0.2) is 116 Å². The lowest BCUT2D eigenvalue weighted by atomic mass is 9.95. The van der Waals surface area contributed by atoms with Crippen molar-refractivity contribution in [2.75, 3.05) is 6.61 Å². The molecule has 0 radical (unpaired) electrons. The standard InChI is InChI=1S/C23H24ClN3O5.C21H20ClN3O5/c1-3-31-22(29)14(2)11-19(25-21(28)20-26-23(30)32-27-20)12-15-7-9-16(10-8-15)17-5-4-6-18(24)13-17;1-12(20(27)28)9-17(23-19(26)18-24-21(29)30-25-18)10-13-5-7-14(8-6-13)15-3-2-4-16(22)11-15/h4-10,13-14,19H,3,11-12H2,1-2H3,(H,25,28)(H,26,27,30);2-8,11-12,17H,9-10H2,1H3,(H,23,26)(H,27,28)(H,24,25,29)/t14-,19+;12-,17+/m11/s1. The third-order valence-electron chi connectivity index (χ3n) is 9.56. The fourth-order valence-corrected chi connectivity index (χ4v) is 6.84. The van der Waals surface area contributed by atoms with Gasteiger partial charge in [-0.15, -0.1) is 0 Å². The van der Waals surface area contributed by atoms with E-state index in [1.54, 1.807) is 26.8 Å². The predicted molar refractivity (Wildman–Crippen MR) is 230 cm³/mol.